The number of phenolic OH excluding ortho intramolecular Hbond substituents is 1. The highest BCUT2D eigenvalue weighted by molar-refractivity contribution is 8.02. The van der Waals surface area contributed by atoms with Crippen molar-refractivity contribution in [3.05, 3.63) is 69.4 Å². The number of rotatable bonds is 8. The third-order valence-electron chi connectivity index (χ3n) is 9.76. The first kappa shape index (κ1) is 40.2. The van der Waals surface area contributed by atoms with Crippen LogP contribution >= 0.6 is 46.7 Å². The Bertz CT molecular complexity index is 2090. The zero-order valence-electron chi connectivity index (χ0n) is 29.8. The van der Waals surface area contributed by atoms with Gasteiger partial charge in [0.15, 0.2) is 0 Å². The fraction of sp³-hybridized carbons (Fsp3) is 0.400. The van der Waals surface area contributed by atoms with Gasteiger partial charge in [-0.3, -0.25) is 19.2 Å². The Kier molecular flexibility index (Phi) is 10.6. The first-order valence-electron chi connectivity index (χ1n) is 16.7. The maximum Gasteiger partial charge on any atom is 0.327 e. The molecule has 7 rings (SSSR count). The van der Waals surface area contributed by atoms with Crippen LogP contribution in [0.1, 0.15) is 55.4 Å². The van der Waals surface area contributed by atoms with Gasteiger partial charge in [0.05, 0.1) is 10.0 Å². The number of aliphatic carboxylic acids is 2. The SMILES string of the molecule is CC1(C)S[C@@H]2[C@H](NC(=O)[C@H](N)c3ccc(O)cc3)C(=O)N2[C@H]1C(=O)O.Cc1onc(-c2c(Cl)cccc2Cl)c1C(=O)N[C@@H]1C(=O)N2[C@@H]1SC(C)(C)[C@@H]2C(=O)O. The van der Waals surface area contributed by atoms with Gasteiger partial charge >= 0.3 is 11.9 Å². The summed E-state index contributed by atoms with van der Waals surface area (Å²) in [5, 5.41) is 37.2. The lowest BCUT2D eigenvalue weighted by molar-refractivity contribution is -0.161. The summed E-state index contributed by atoms with van der Waals surface area (Å²) in [7, 11) is 0. The molecule has 4 amide bonds. The van der Waals surface area contributed by atoms with Gasteiger partial charge in [0.2, 0.25) is 17.7 Å². The molecule has 4 fully saturated rings. The molecule has 2 aromatic carbocycles. The summed E-state index contributed by atoms with van der Waals surface area (Å²) in [5.74, 6) is -3.78. The molecule has 292 valence electrons. The lowest BCUT2D eigenvalue weighted by Crippen LogP contribution is -2.71. The number of nitrogens with one attached hydrogen (secondary N) is 2. The van der Waals surface area contributed by atoms with Crippen molar-refractivity contribution < 1.29 is 48.6 Å². The van der Waals surface area contributed by atoms with E-state index in [-0.39, 0.29) is 22.8 Å². The molecule has 0 radical (unpaired) electrons. The molecule has 0 bridgehead atoms. The van der Waals surface area contributed by atoms with Crippen LogP contribution in [0, 0.1) is 6.92 Å². The number of amides is 4. The lowest BCUT2D eigenvalue weighted by atomic mass is 9.95. The number of hydrogen-bond donors (Lipinski definition) is 6. The number of carboxylic acid groups (broad SMARTS) is 2. The van der Waals surface area contributed by atoms with E-state index in [2.05, 4.69) is 15.8 Å². The quantitative estimate of drug-likeness (QED) is 0.179. The minimum Gasteiger partial charge on any atom is -0.508 e. The molecule has 7 N–H and O–H groups in total. The molecule has 0 saturated carbocycles. The number of phenols is 1. The van der Waals surface area contributed by atoms with E-state index in [1.165, 1.54) is 57.6 Å². The average molecular weight is 836 g/mol. The van der Waals surface area contributed by atoms with Gasteiger partial charge in [0, 0.05) is 15.1 Å². The Morgan fingerprint density at radius 1 is 0.855 bits per heavy atom. The van der Waals surface area contributed by atoms with Crippen molar-refractivity contribution >= 4 is 82.3 Å². The van der Waals surface area contributed by atoms with Crippen LogP contribution in [0.3, 0.4) is 0 Å². The summed E-state index contributed by atoms with van der Waals surface area (Å²) < 4.78 is 3.87. The van der Waals surface area contributed by atoms with Gasteiger partial charge < -0.3 is 46.0 Å². The molecule has 20 heteroatoms. The van der Waals surface area contributed by atoms with Gasteiger partial charge in [-0.1, -0.05) is 46.6 Å². The predicted octanol–water partition coefficient (Wildman–Crippen LogP) is 3.23. The number of nitrogens with two attached hydrogens (primary N) is 1. The second-order valence-electron chi connectivity index (χ2n) is 14.3. The number of thioether (sulfide) groups is 2. The second kappa shape index (κ2) is 14.5. The van der Waals surface area contributed by atoms with Crippen LogP contribution in [0.5, 0.6) is 5.75 Å². The second-order valence-corrected chi connectivity index (χ2v) is 18.6. The summed E-state index contributed by atoms with van der Waals surface area (Å²) >= 11 is 15.2. The number of aromatic hydroxyl groups is 1. The van der Waals surface area contributed by atoms with Gasteiger partial charge in [-0.25, -0.2) is 9.59 Å². The molecule has 4 aliphatic rings. The summed E-state index contributed by atoms with van der Waals surface area (Å²) in [4.78, 5) is 76.1. The number of carboxylic acids is 2. The number of carbonyl (C=O) groups excluding carboxylic acids is 4. The first-order chi connectivity index (χ1) is 25.7. The van der Waals surface area contributed by atoms with E-state index < -0.39 is 86.0 Å². The van der Waals surface area contributed by atoms with Crippen LogP contribution < -0.4 is 16.4 Å². The molecule has 0 unspecified atom stereocenters. The van der Waals surface area contributed by atoms with Crippen molar-refractivity contribution in [1.82, 2.24) is 25.6 Å². The van der Waals surface area contributed by atoms with Gasteiger partial charge in [-0.05, 0) is 64.4 Å². The number of fused-ring (bicyclic) bond motifs is 2. The average Bonchev–Trinajstić information content (AvgIpc) is 3.70. The molecular formula is C35H36Cl2N6O10S2. The van der Waals surface area contributed by atoms with Gasteiger partial charge in [-0.15, -0.1) is 23.5 Å². The Balaban J connectivity index is 0.000000190. The highest BCUT2D eigenvalue weighted by atomic mass is 35.5. The molecule has 55 heavy (non-hydrogen) atoms. The lowest BCUT2D eigenvalue weighted by Gasteiger charge is -2.43. The van der Waals surface area contributed by atoms with Crippen molar-refractivity contribution in [3.63, 3.8) is 0 Å². The normalized spacial score (nSPS) is 26.0. The maximum absolute atomic E-state index is 13.1. The molecular weight excluding hydrogens is 799 g/mol. The Hall–Kier alpha value is -4.49. The minimum absolute atomic E-state index is 0.0606. The van der Waals surface area contributed by atoms with Gasteiger partial charge in [0.1, 0.15) is 63.7 Å². The van der Waals surface area contributed by atoms with E-state index in [0.29, 0.717) is 21.2 Å². The topological polar surface area (TPSA) is 246 Å². The first-order valence-corrected chi connectivity index (χ1v) is 19.2. The largest absolute Gasteiger partial charge is 0.508 e. The van der Waals surface area contributed by atoms with Crippen LogP contribution in [0.15, 0.2) is 47.0 Å². The maximum atomic E-state index is 13.1. The number of aromatic nitrogens is 1. The highest BCUT2D eigenvalue weighted by Gasteiger charge is 2.65. The smallest absolute Gasteiger partial charge is 0.327 e. The molecule has 1 aromatic heterocycles. The number of β-lactam (4-membered cyclic amide) rings is 2. The summed E-state index contributed by atoms with van der Waals surface area (Å²) in [6, 6.07) is 6.30. The van der Waals surface area contributed by atoms with Crippen molar-refractivity contribution in [2.45, 2.75) is 85.1 Å². The van der Waals surface area contributed by atoms with Crippen LogP contribution in [-0.4, -0.2) is 110 Å². The van der Waals surface area contributed by atoms with Crippen LogP contribution in [0.4, 0.5) is 0 Å². The Morgan fingerprint density at radius 3 is 1.80 bits per heavy atom. The van der Waals surface area contributed by atoms with Crippen LogP contribution in [0.2, 0.25) is 10.0 Å². The number of hydrogen-bond acceptors (Lipinski definition) is 12. The summed E-state index contributed by atoms with van der Waals surface area (Å²) in [5.41, 5.74) is 7.05. The fourth-order valence-corrected chi connectivity index (χ4v) is 10.9. The van der Waals surface area contributed by atoms with Crippen LogP contribution in [0.25, 0.3) is 11.3 Å². The predicted molar refractivity (Wildman–Crippen MR) is 202 cm³/mol. The molecule has 0 aliphatic carbocycles. The molecule has 3 aromatic rings. The van der Waals surface area contributed by atoms with Gasteiger partial charge in [-0.2, -0.15) is 0 Å². The molecule has 5 heterocycles. The highest BCUT2D eigenvalue weighted by Crippen LogP contribution is 2.52. The number of carbonyl (C=O) groups is 6. The van der Waals surface area contributed by atoms with Crippen molar-refractivity contribution in [2.24, 2.45) is 5.73 Å². The molecule has 16 nitrogen and oxygen atoms in total. The molecule has 4 saturated heterocycles. The van der Waals surface area contributed by atoms with Crippen molar-refractivity contribution in [2.75, 3.05) is 0 Å². The summed E-state index contributed by atoms with van der Waals surface area (Å²) in [6.45, 7) is 8.64. The Labute approximate surface area is 332 Å². The van der Waals surface area contributed by atoms with E-state index in [1.807, 2.05) is 0 Å². The Morgan fingerprint density at radius 2 is 1.33 bits per heavy atom. The number of nitrogens with zero attached hydrogens (tertiary/aromatic N) is 3. The molecule has 0 spiro atoms. The monoisotopic (exact) mass is 834 g/mol. The third-order valence-corrected chi connectivity index (χ3v) is 13.5. The molecule has 7 atom stereocenters. The number of aryl methyl sites for hydroxylation is 1. The van der Waals surface area contributed by atoms with E-state index in [0.717, 1.165) is 0 Å². The number of halogens is 2. The zero-order valence-corrected chi connectivity index (χ0v) is 32.9. The van der Waals surface area contributed by atoms with E-state index >= 15 is 0 Å². The minimum atomic E-state index is -1.07. The van der Waals surface area contributed by atoms with Crippen LogP contribution in [-0.2, 0) is 24.0 Å². The van der Waals surface area contributed by atoms with Crippen molar-refractivity contribution in [1.29, 1.82) is 0 Å². The van der Waals surface area contributed by atoms with E-state index in [9.17, 15) is 44.1 Å². The third kappa shape index (κ3) is 6.98. The standard InChI is InChI=1S/C19H17Cl2N3O5S.C16H19N3O5S/c1-7-10(12(23-29-7)11-8(20)5-4-6-9(11)21)15(25)22-13-16(26)24-14(18(27)28)19(2,3)30-17(13)24;1-16(2)11(15(23)24)19-13(22)10(14(19)25-16)18-12(21)9(17)7-3-5-8(20)6-4-7/h4-6,13-14,17H,1-3H3,(H,22,25)(H,27,28);3-6,9-11,14,20H,17H2,1-2H3,(H,18,21)(H,23,24)/t13-,14+,17-;9-,10-,11+,14-/m11/s1. The van der Waals surface area contributed by atoms with E-state index in [4.69, 9.17) is 33.5 Å². The van der Waals surface area contributed by atoms with E-state index in [1.54, 1.807) is 52.8 Å². The zero-order chi connectivity index (χ0) is 40.5. The molecule has 4 aliphatic heterocycles. The summed E-state index contributed by atoms with van der Waals surface area (Å²) in [6.07, 6.45) is 0. The van der Waals surface area contributed by atoms with Crippen molar-refractivity contribution in [3.8, 4) is 17.0 Å². The fourth-order valence-electron chi connectivity index (χ4n) is 7.11. The number of benzene rings is 2. The van der Waals surface area contributed by atoms with Gasteiger partial charge in [0.25, 0.3) is 5.91 Å².